The summed E-state index contributed by atoms with van der Waals surface area (Å²) in [7, 11) is -3.78. The minimum absolute atomic E-state index is 0.316. The van der Waals surface area contributed by atoms with Gasteiger partial charge in [0.05, 0.1) is 10.3 Å². The average Bonchev–Trinajstić information content (AvgIpc) is 3.27. The van der Waals surface area contributed by atoms with Crippen molar-refractivity contribution >= 4 is 21.4 Å². The molecule has 45 heavy (non-hydrogen) atoms. The van der Waals surface area contributed by atoms with Crippen molar-refractivity contribution in [1.29, 1.82) is 0 Å². The van der Waals surface area contributed by atoms with E-state index in [9.17, 15) is 8.42 Å². The molecule has 0 heterocycles. The maximum atomic E-state index is 14.4. The third-order valence-corrected chi connectivity index (χ3v) is 13.3. The molecule has 4 saturated carbocycles. The molecule has 0 radical (unpaired) electrons. The number of aryl methyl sites for hydroxylation is 4. The number of nitrogens with two attached hydrogens (primary N) is 2. The van der Waals surface area contributed by atoms with E-state index in [1.807, 2.05) is 18.2 Å². The molecule has 0 saturated heterocycles. The first kappa shape index (κ1) is 28.8. The number of nitrogens with one attached hydrogen (secondary N) is 1. The van der Waals surface area contributed by atoms with Crippen molar-refractivity contribution in [3.8, 4) is 11.1 Å². The predicted octanol–water partition coefficient (Wildman–Crippen LogP) is 7.69. The number of sulfonamides is 1. The highest BCUT2D eigenvalue weighted by atomic mass is 32.2. The molecular formula is C39H43N3O2S. The van der Waals surface area contributed by atoms with Crippen molar-refractivity contribution in [1.82, 2.24) is 4.72 Å². The molecule has 5 aliphatic carbocycles. The second-order valence-electron chi connectivity index (χ2n) is 14.9. The number of rotatable bonds is 5. The standard InChI is InChI=1S/C39H43N3O2S/c1-22-11-29(12-23(2)36(22)40)39(30-13-24(3)37(41)25(4)14-30)34-8-6-5-7-32(34)33-10-9-31(18-35(33)39)45(43,44)42-38-19-26-15-27(20-38)17-28(16-26)21-38/h5-14,18,26-28,42H,15-17,19-21,40-41H2,1-4H3. The Morgan fingerprint density at radius 3 is 1.62 bits per heavy atom. The number of benzene rings is 4. The third-order valence-electron chi connectivity index (χ3n) is 11.8. The highest BCUT2D eigenvalue weighted by Gasteiger charge is 2.53. The van der Waals surface area contributed by atoms with Gasteiger partial charge in [0.15, 0.2) is 0 Å². The molecule has 0 atom stereocenters. The normalized spacial score (nSPS) is 25.7. The summed E-state index contributed by atoms with van der Waals surface area (Å²) in [5.41, 5.74) is 23.9. The van der Waals surface area contributed by atoms with Crippen LogP contribution in [0.25, 0.3) is 11.1 Å². The van der Waals surface area contributed by atoms with Crippen molar-refractivity contribution in [2.24, 2.45) is 17.8 Å². The zero-order chi connectivity index (χ0) is 31.5. The summed E-state index contributed by atoms with van der Waals surface area (Å²) >= 11 is 0. The van der Waals surface area contributed by atoms with Crippen molar-refractivity contribution < 1.29 is 8.42 Å². The first-order valence-electron chi connectivity index (χ1n) is 16.4. The van der Waals surface area contributed by atoms with Gasteiger partial charge in [-0.2, -0.15) is 0 Å². The molecule has 4 aromatic carbocycles. The van der Waals surface area contributed by atoms with Gasteiger partial charge in [-0.15, -0.1) is 0 Å². The molecule has 4 bridgehead atoms. The lowest BCUT2D eigenvalue weighted by Crippen LogP contribution is -2.59. The van der Waals surface area contributed by atoms with Gasteiger partial charge in [0.25, 0.3) is 0 Å². The fraction of sp³-hybridized carbons (Fsp3) is 0.385. The van der Waals surface area contributed by atoms with Crippen molar-refractivity contribution in [2.75, 3.05) is 11.5 Å². The van der Waals surface area contributed by atoms with Crippen LogP contribution in [0.1, 0.15) is 83.0 Å². The first-order valence-corrected chi connectivity index (χ1v) is 17.9. The Morgan fingerprint density at radius 2 is 1.11 bits per heavy atom. The van der Waals surface area contributed by atoms with E-state index in [1.54, 1.807) is 0 Å². The first-order chi connectivity index (χ1) is 21.4. The Kier molecular flexibility index (Phi) is 6.21. The molecule has 0 aromatic heterocycles. The number of nitrogen functional groups attached to an aromatic ring is 2. The van der Waals surface area contributed by atoms with Gasteiger partial charge in [-0.25, -0.2) is 13.1 Å². The van der Waals surface area contributed by atoms with Crippen LogP contribution in [0.3, 0.4) is 0 Å². The molecule has 0 amide bonds. The van der Waals surface area contributed by atoms with Gasteiger partial charge in [-0.1, -0.05) is 54.6 Å². The predicted molar refractivity (Wildman–Crippen MR) is 183 cm³/mol. The summed E-state index contributed by atoms with van der Waals surface area (Å²) in [6, 6.07) is 23.0. The van der Waals surface area contributed by atoms with Crippen LogP contribution >= 0.6 is 0 Å². The Hall–Kier alpha value is -3.61. The van der Waals surface area contributed by atoms with Gasteiger partial charge < -0.3 is 11.5 Å². The molecule has 0 unspecified atom stereocenters. The molecule has 9 rings (SSSR count). The second kappa shape index (κ2) is 9.70. The van der Waals surface area contributed by atoms with E-state index in [1.165, 1.54) is 19.3 Å². The molecule has 0 aliphatic heterocycles. The van der Waals surface area contributed by atoms with E-state index < -0.39 is 15.4 Å². The molecule has 4 aromatic rings. The Morgan fingerprint density at radius 1 is 0.644 bits per heavy atom. The maximum Gasteiger partial charge on any atom is 0.241 e. The van der Waals surface area contributed by atoms with Gasteiger partial charge in [-0.05, 0) is 152 Å². The highest BCUT2D eigenvalue weighted by Crippen LogP contribution is 2.58. The van der Waals surface area contributed by atoms with Crippen molar-refractivity contribution in [3.05, 3.63) is 111 Å². The molecule has 4 fully saturated rings. The topological polar surface area (TPSA) is 98.2 Å². The van der Waals surface area contributed by atoms with Crippen LogP contribution in [0, 0.1) is 45.4 Å². The van der Waals surface area contributed by atoms with E-state index in [2.05, 4.69) is 80.9 Å². The summed E-state index contributed by atoms with van der Waals surface area (Å²) in [5.74, 6) is 1.94. The van der Waals surface area contributed by atoms with Crippen LogP contribution < -0.4 is 16.2 Å². The molecule has 232 valence electrons. The van der Waals surface area contributed by atoms with Crippen LogP contribution in [0.15, 0.2) is 71.6 Å². The second-order valence-corrected chi connectivity index (χ2v) is 16.5. The van der Waals surface area contributed by atoms with Crippen LogP contribution in [0.4, 0.5) is 11.4 Å². The van der Waals surface area contributed by atoms with Gasteiger partial charge in [0.2, 0.25) is 10.0 Å². The average molecular weight is 618 g/mol. The fourth-order valence-corrected chi connectivity index (χ4v) is 11.6. The van der Waals surface area contributed by atoms with Crippen molar-refractivity contribution in [2.45, 2.75) is 82.1 Å². The lowest BCUT2D eigenvalue weighted by Gasteiger charge is -2.56. The minimum Gasteiger partial charge on any atom is -0.398 e. The Balaban J connectivity index is 1.37. The van der Waals surface area contributed by atoms with Gasteiger partial charge in [-0.3, -0.25) is 0 Å². The van der Waals surface area contributed by atoms with Crippen LogP contribution in [-0.4, -0.2) is 14.0 Å². The van der Waals surface area contributed by atoms with Gasteiger partial charge in [0, 0.05) is 16.9 Å². The monoisotopic (exact) mass is 617 g/mol. The number of anilines is 2. The van der Waals surface area contributed by atoms with E-state index >= 15 is 0 Å². The quantitative estimate of drug-likeness (QED) is 0.176. The lowest BCUT2D eigenvalue weighted by molar-refractivity contribution is -0.00810. The summed E-state index contributed by atoms with van der Waals surface area (Å²) in [6.45, 7) is 8.21. The molecule has 6 heteroatoms. The lowest BCUT2D eigenvalue weighted by atomic mass is 9.53. The summed E-state index contributed by atoms with van der Waals surface area (Å²) in [5, 5.41) is 0. The van der Waals surface area contributed by atoms with Gasteiger partial charge >= 0.3 is 0 Å². The summed E-state index contributed by atoms with van der Waals surface area (Å²) < 4.78 is 32.2. The fourth-order valence-electron chi connectivity index (χ4n) is 10.2. The van der Waals surface area contributed by atoms with Crippen LogP contribution in [0.5, 0.6) is 0 Å². The summed E-state index contributed by atoms with van der Waals surface area (Å²) in [6.07, 6.45) is 6.69. The number of fused-ring (bicyclic) bond motifs is 3. The molecule has 5 N–H and O–H groups in total. The van der Waals surface area contributed by atoms with E-state index in [-0.39, 0.29) is 5.54 Å². The number of hydrogen-bond acceptors (Lipinski definition) is 4. The SMILES string of the molecule is Cc1cc(C2(c3cc(C)c(N)c(C)c3)c3ccccc3-c3ccc(S(=O)(=O)NC45CC6CC(CC(C6)C4)C5)cc32)cc(C)c1N. The van der Waals surface area contributed by atoms with Crippen molar-refractivity contribution in [3.63, 3.8) is 0 Å². The Bertz CT molecular complexity index is 1870. The maximum absolute atomic E-state index is 14.4. The number of hydrogen-bond donors (Lipinski definition) is 3. The molecule has 5 aliphatic rings. The third kappa shape index (κ3) is 4.18. The van der Waals surface area contributed by atoms with E-state index in [0.29, 0.717) is 22.6 Å². The summed E-state index contributed by atoms with van der Waals surface area (Å²) in [4.78, 5) is 0.335. The van der Waals surface area contributed by atoms with E-state index in [0.717, 1.165) is 86.3 Å². The largest absolute Gasteiger partial charge is 0.398 e. The van der Waals surface area contributed by atoms with Crippen LogP contribution in [0.2, 0.25) is 0 Å². The molecule has 5 nitrogen and oxygen atoms in total. The molecular weight excluding hydrogens is 575 g/mol. The smallest absolute Gasteiger partial charge is 0.241 e. The Labute approximate surface area is 267 Å². The van der Waals surface area contributed by atoms with Gasteiger partial charge in [0.1, 0.15) is 0 Å². The minimum atomic E-state index is -3.78. The van der Waals surface area contributed by atoms with E-state index in [4.69, 9.17) is 11.5 Å². The zero-order valence-corrected chi connectivity index (χ0v) is 27.5. The zero-order valence-electron chi connectivity index (χ0n) is 26.7. The van der Waals surface area contributed by atoms with Crippen LogP contribution in [-0.2, 0) is 15.4 Å². The highest BCUT2D eigenvalue weighted by molar-refractivity contribution is 7.89. The molecule has 0 spiro atoms.